The van der Waals surface area contributed by atoms with Crippen LogP contribution in [0.15, 0.2) is 11.8 Å². The van der Waals surface area contributed by atoms with Crippen LogP contribution in [0.3, 0.4) is 0 Å². The molecule has 0 radical (unpaired) electrons. The predicted octanol–water partition coefficient (Wildman–Crippen LogP) is 1.35. The van der Waals surface area contributed by atoms with Crippen LogP contribution in [0, 0.1) is 0 Å². The highest BCUT2D eigenvalue weighted by Gasteiger charge is 2.44. The Hall–Kier alpha value is -0.540. The standard InChI is InChI=1S/C9H18N2O/c1-8(2)6-7(10-5)9(3,4)11(8)12/h6,10,12H,1-5H3. The normalized spacial score (nSPS) is 27.0. The van der Waals surface area contributed by atoms with Crippen molar-refractivity contribution in [3.05, 3.63) is 11.8 Å². The highest BCUT2D eigenvalue weighted by molar-refractivity contribution is 5.27. The fraction of sp³-hybridized carbons (Fsp3) is 0.778. The van der Waals surface area contributed by atoms with E-state index in [1.807, 2.05) is 40.8 Å². The second-order valence-electron chi connectivity index (χ2n) is 4.33. The zero-order valence-electron chi connectivity index (χ0n) is 8.47. The van der Waals surface area contributed by atoms with Crippen LogP contribution in [-0.4, -0.2) is 28.4 Å². The number of hydroxylamine groups is 2. The number of hydrogen-bond acceptors (Lipinski definition) is 3. The number of hydrogen-bond donors (Lipinski definition) is 2. The van der Waals surface area contributed by atoms with E-state index in [0.29, 0.717) is 0 Å². The van der Waals surface area contributed by atoms with Gasteiger partial charge >= 0.3 is 0 Å². The molecule has 2 N–H and O–H groups in total. The molecule has 1 heterocycles. The van der Waals surface area contributed by atoms with E-state index in [9.17, 15) is 5.21 Å². The molecular formula is C9H18N2O. The maximum absolute atomic E-state index is 9.83. The molecule has 1 rings (SSSR count). The summed E-state index contributed by atoms with van der Waals surface area (Å²) in [5.41, 5.74) is 0.482. The molecule has 0 aromatic heterocycles. The summed E-state index contributed by atoms with van der Waals surface area (Å²) in [6.07, 6.45) is 2.05. The summed E-state index contributed by atoms with van der Waals surface area (Å²) in [6, 6.07) is 0. The Labute approximate surface area is 74.0 Å². The molecule has 0 bridgehead atoms. The number of nitrogens with one attached hydrogen (secondary N) is 1. The van der Waals surface area contributed by atoms with E-state index < -0.39 is 0 Å². The molecule has 0 atom stereocenters. The molecule has 0 saturated carbocycles. The van der Waals surface area contributed by atoms with Crippen LogP contribution >= 0.6 is 0 Å². The van der Waals surface area contributed by atoms with E-state index >= 15 is 0 Å². The molecule has 1 aliphatic heterocycles. The van der Waals surface area contributed by atoms with Crippen LogP contribution in [0.25, 0.3) is 0 Å². The van der Waals surface area contributed by atoms with Crippen molar-refractivity contribution in [3.63, 3.8) is 0 Å². The van der Waals surface area contributed by atoms with Gasteiger partial charge in [0.25, 0.3) is 0 Å². The van der Waals surface area contributed by atoms with E-state index in [4.69, 9.17) is 0 Å². The quantitative estimate of drug-likeness (QED) is 0.623. The zero-order chi connectivity index (χ0) is 9.57. The van der Waals surface area contributed by atoms with Gasteiger partial charge < -0.3 is 10.5 Å². The molecule has 0 spiro atoms. The molecular weight excluding hydrogens is 152 g/mol. The van der Waals surface area contributed by atoms with Gasteiger partial charge in [-0.1, -0.05) is 0 Å². The van der Waals surface area contributed by atoms with Gasteiger partial charge in [-0.05, 0) is 33.8 Å². The Morgan fingerprint density at radius 2 is 1.83 bits per heavy atom. The topological polar surface area (TPSA) is 35.5 Å². The second kappa shape index (κ2) is 2.47. The van der Waals surface area contributed by atoms with Crippen molar-refractivity contribution < 1.29 is 5.21 Å². The van der Waals surface area contributed by atoms with Crippen LogP contribution < -0.4 is 5.32 Å². The molecule has 3 nitrogen and oxygen atoms in total. The highest BCUT2D eigenvalue weighted by Crippen LogP contribution is 2.36. The van der Waals surface area contributed by atoms with Crippen LogP contribution in [0.1, 0.15) is 27.7 Å². The highest BCUT2D eigenvalue weighted by atomic mass is 16.5. The SMILES string of the molecule is CNC1=CC(C)(C)N(O)C1(C)C. The third-order valence-electron chi connectivity index (χ3n) is 2.50. The average Bonchev–Trinajstić information content (AvgIpc) is 2.11. The van der Waals surface area contributed by atoms with E-state index in [1.165, 1.54) is 5.06 Å². The van der Waals surface area contributed by atoms with Crippen LogP contribution in [0.2, 0.25) is 0 Å². The van der Waals surface area contributed by atoms with Crippen LogP contribution in [0.5, 0.6) is 0 Å². The van der Waals surface area contributed by atoms with E-state index in [0.717, 1.165) is 5.70 Å². The van der Waals surface area contributed by atoms with Crippen LogP contribution in [0.4, 0.5) is 0 Å². The molecule has 12 heavy (non-hydrogen) atoms. The zero-order valence-corrected chi connectivity index (χ0v) is 8.47. The van der Waals surface area contributed by atoms with Gasteiger partial charge in [-0.3, -0.25) is 0 Å². The molecule has 1 aliphatic rings. The van der Waals surface area contributed by atoms with E-state index in [1.54, 1.807) is 0 Å². The lowest BCUT2D eigenvalue weighted by Crippen LogP contribution is -2.49. The minimum absolute atomic E-state index is 0.276. The van der Waals surface area contributed by atoms with Gasteiger partial charge in [-0.25, -0.2) is 0 Å². The molecule has 3 heteroatoms. The summed E-state index contributed by atoms with van der Waals surface area (Å²) in [4.78, 5) is 0. The molecule has 70 valence electrons. The van der Waals surface area contributed by atoms with E-state index in [2.05, 4.69) is 5.32 Å². The molecule has 0 aliphatic carbocycles. The first kappa shape index (κ1) is 9.55. The maximum atomic E-state index is 9.83. The number of nitrogens with zero attached hydrogens (tertiary/aromatic N) is 1. The van der Waals surface area contributed by atoms with Crippen molar-refractivity contribution in [1.29, 1.82) is 0 Å². The van der Waals surface area contributed by atoms with Gasteiger partial charge in [0.15, 0.2) is 0 Å². The second-order valence-corrected chi connectivity index (χ2v) is 4.33. The minimum atomic E-state index is -0.307. The predicted molar refractivity (Wildman–Crippen MR) is 48.9 cm³/mol. The van der Waals surface area contributed by atoms with Crippen molar-refractivity contribution >= 4 is 0 Å². The third-order valence-corrected chi connectivity index (χ3v) is 2.50. The number of rotatable bonds is 1. The van der Waals surface area contributed by atoms with Crippen molar-refractivity contribution in [1.82, 2.24) is 10.4 Å². The summed E-state index contributed by atoms with van der Waals surface area (Å²) in [5, 5.41) is 14.3. The Morgan fingerprint density at radius 1 is 1.33 bits per heavy atom. The Kier molecular flexibility index (Phi) is 1.97. The van der Waals surface area contributed by atoms with Gasteiger partial charge in [0, 0.05) is 12.7 Å². The molecule has 0 saturated heterocycles. The number of likely N-dealkylation sites (N-methyl/N-ethyl adjacent to an activating group) is 1. The molecule has 0 unspecified atom stereocenters. The summed E-state index contributed by atoms with van der Waals surface area (Å²) in [5.74, 6) is 0. The lowest BCUT2D eigenvalue weighted by molar-refractivity contribution is -0.185. The molecule has 0 aromatic rings. The monoisotopic (exact) mass is 170 g/mol. The lowest BCUT2D eigenvalue weighted by Gasteiger charge is -2.35. The summed E-state index contributed by atoms with van der Waals surface area (Å²) in [6.45, 7) is 7.95. The first-order valence-corrected chi connectivity index (χ1v) is 4.22. The molecule has 0 aromatic carbocycles. The summed E-state index contributed by atoms with van der Waals surface area (Å²) >= 11 is 0. The van der Waals surface area contributed by atoms with E-state index in [-0.39, 0.29) is 11.1 Å². The van der Waals surface area contributed by atoms with Crippen LogP contribution in [-0.2, 0) is 0 Å². The fourth-order valence-corrected chi connectivity index (χ4v) is 1.80. The summed E-state index contributed by atoms with van der Waals surface area (Å²) < 4.78 is 0. The summed E-state index contributed by atoms with van der Waals surface area (Å²) in [7, 11) is 1.88. The first-order chi connectivity index (χ1) is 5.32. The first-order valence-electron chi connectivity index (χ1n) is 4.22. The van der Waals surface area contributed by atoms with Crippen molar-refractivity contribution in [3.8, 4) is 0 Å². The fourth-order valence-electron chi connectivity index (χ4n) is 1.80. The molecule has 0 amide bonds. The minimum Gasteiger partial charge on any atom is -0.390 e. The smallest absolute Gasteiger partial charge is 0.0804 e. The van der Waals surface area contributed by atoms with Crippen molar-refractivity contribution in [2.24, 2.45) is 0 Å². The van der Waals surface area contributed by atoms with Gasteiger partial charge in [0.05, 0.1) is 11.1 Å². The average molecular weight is 170 g/mol. The Morgan fingerprint density at radius 3 is 2.00 bits per heavy atom. The van der Waals surface area contributed by atoms with Gasteiger partial charge in [0.2, 0.25) is 0 Å². The Bertz CT molecular complexity index is 219. The van der Waals surface area contributed by atoms with Gasteiger partial charge in [0.1, 0.15) is 0 Å². The third kappa shape index (κ3) is 1.13. The molecule has 0 fully saturated rings. The largest absolute Gasteiger partial charge is 0.390 e. The Balaban J connectivity index is 3.03. The van der Waals surface area contributed by atoms with Crippen molar-refractivity contribution in [2.45, 2.75) is 38.8 Å². The van der Waals surface area contributed by atoms with Crippen molar-refractivity contribution in [2.75, 3.05) is 7.05 Å². The lowest BCUT2D eigenvalue weighted by atomic mass is 10.0. The maximum Gasteiger partial charge on any atom is 0.0804 e. The van der Waals surface area contributed by atoms with Gasteiger partial charge in [-0.15, -0.1) is 0 Å². The van der Waals surface area contributed by atoms with Gasteiger partial charge in [-0.2, -0.15) is 5.06 Å².